The quantitative estimate of drug-likeness (QED) is 0.728. The van der Waals surface area contributed by atoms with Gasteiger partial charge in [0, 0.05) is 18.0 Å². The van der Waals surface area contributed by atoms with Crippen molar-refractivity contribution in [2.75, 3.05) is 13.6 Å². The summed E-state index contributed by atoms with van der Waals surface area (Å²) in [5.41, 5.74) is 0.388. The third-order valence-corrected chi connectivity index (χ3v) is 6.94. The fourth-order valence-electron chi connectivity index (χ4n) is 2.63. The predicted molar refractivity (Wildman–Crippen MR) is 98.9 cm³/mol. The number of thiophene rings is 1. The van der Waals surface area contributed by atoms with Crippen LogP contribution < -0.4 is 0 Å². The number of amides is 1. The van der Waals surface area contributed by atoms with Gasteiger partial charge in [-0.1, -0.05) is 6.07 Å². The average molecular weight is 390 g/mol. The maximum atomic E-state index is 12.7. The van der Waals surface area contributed by atoms with Crippen LogP contribution in [0.25, 0.3) is 0 Å². The minimum Gasteiger partial charge on any atom is -0.333 e. The van der Waals surface area contributed by atoms with Gasteiger partial charge in [0.1, 0.15) is 0 Å². The molecule has 1 aromatic heterocycles. The number of sulfonamides is 1. The molecule has 0 saturated heterocycles. The topological polar surface area (TPSA) is 81.5 Å². The van der Waals surface area contributed by atoms with Crippen LogP contribution in [0.15, 0.2) is 46.7 Å². The standard InChI is InChI=1S/C18H19N3O3S2/c1-20(26(23,24)17-8-4-14(11-19)5-9-17)13-18(22)21(15-6-7-15)12-16-3-2-10-25-16/h2-5,8-10,15H,6-7,12-13H2,1H3. The molecule has 1 saturated carbocycles. The fraction of sp³-hybridized carbons (Fsp3) is 0.333. The zero-order chi connectivity index (χ0) is 18.7. The van der Waals surface area contributed by atoms with Gasteiger partial charge in [-0.3, -0.25) is 4.79 Å². The Labute approximate surface area is 157 Å². The summed E-state index contributed by atoms with van der Waals surface area (Å²) in [4.78, 5) is 15.7. The highest BCUT2D eigenvalue weighted by molar-refractivity contribution is 7.89. The van der Waals surface area contributed by atoms with E-state index in [0.29, 0.717) is 12.1 Å². The summed E-state index contributed by atoms with van der Waals surface area (Å²) in [5.74, 6) is -0.194. The van der Waals surface area contributed by atoms with Crippen molar-refractivity contribution in [3.8, 4) is 6.07 Å². The van der Waals surface area contributed by atoms with E-state index in [1.807, 2.05) is 23.6 Å². The molecule has 1 aromatic carbocycles. The largest absolute Gasteiger partial charge is 0.333 e. The molecule has 0 atom stereocenters. The molecule has 0 bridgehead atoms. The first-order chi connectivity index (χ1) is 12.4. The van der Waals surface area contributed by atoms with Gasteiger partial charge in [0.15, 0.2) is 0 Å². The summed E-state index contributed by atoms with van der Waals surface area (Å²) in [6.45, 7) is 0.316. The van der Waals surface area contributed by atoms with Gasteiger partial charge in [-0.15, -0.1) is 11.3 Å². The summed E-state index contributed by atoms with van der Waals surface area (Å²) in [6, 6.07) is 11.8. The van der Waals surface area contributed by atoms with Gasteiger partial charge < -0.3 is 4.90 Å². The normalized spacial score (nSPS) is 14.2. The monoisotopic (exact) mass is 389 g/mol. The molecular weight excluding hydrogens is 370 g/mol. The van der Waals surface area contributed by atoms with Crippen molar-refractivity contribution in [3.05, 3.63) is 52.2 Å². The van der Waals surface area contributed by atoms with E-state index in [2.05, 4.69) is 0 Å². The van der Waals surface area contributed by atoms with Crippen LogP contribution in [0.2, 0.25) is 0 Å². The molecule has 6 nitrogen and oxygen atoms in total. The molecule has 3 rings (SSSR count). The maximum absolute atomic E-state index is 12.7. The lowest BCUT2D eigenvalue weighted by Gasteiger charge is -2.25. The van der Waals surface area contributed by atoms with Crippen LogP contribution in [0, 0.1) is 11.3 Å². The number of nitrogens with zero attached hydrogens (tertiary/aromatic N) is 3. The zero-order valence-corrected chi connectivity index (χ0v) is 16.0. The third kappa shape index (κ3) is 4.12. The molecule has 136 valence electrons. The molecule has 0 radical (unpaired) electrons. The summed E-state index contributed by atoms with van der Waals surface area (Å²) >= 11 is 1.59. The van der Waals surface area contributed by atoms with E-state index in [1.54, 1.807) is 16.2 Å². The molecule has 8 heteroatoms. The number of hydrogen-bond acceptors (Lipinski definition) is 5. The number of carbonyl (C=O) groups excluding carboxylic acids is 1. The van der Waals surface area contributed by atoms with Crippen molar-refractivity contribution < 1.29 is 13.2 Å². The van der Waals surface area contributed by atoms with E-state index in [1.165, 1.54) is 31.3 Å². The van der Waals surface area contributed by atoms with Crippen LogP contribution in [0.3, 0.4) is 0 Å². The first-order valence-corrected chi connectivity index (χ1v) is 10.5. The number of carbonyl (C=O) groups is 1. The van der Waals surface area contributed by atoms with Gasteiger partial charge in [-0.25, -0.2) is 8.42 Å². The molecule has 0 spiro atoms. The zero-order valence-electron chi connectivity index (χ0n) is 14.3. The molecular formula is C18H19N3O3S2. The number of nitriles is 1. The Balaban J connectivity index is 1.71. The maximum Gasteiger partial charge on any atom is 0.243 e. The molecule has 0 unspecified atom stereocenters. The minimum absolute atomic E-state index is 0.0722. The number of benzene rings is 1. The van der Waals surface area contributed by atoms with E-state index in [4.69, 9.17) is 5.26 Å². The van der Waals surface area contributed by atoms with Crippen LogP contribution in [0.1, 0.15) is 23.3 Å². The molecule has 0 aliphatic heterocycles. The summed E-state index contributed by atoms with van der Waals surface area (Å²) in [7, 11) is -2.38. The van der Waals surface area contributed by atoms with Crippen molar-refractivity contribution in [3.63, 3.8) is 0 Å². The Kier molecular flexibility index (Phi) is 5.41. The van der Waals surface area contributed by atoms with Crippen molar-refractivity contribution in [2.45, 2.75) is 30.3 Å². The van der Waals surface area contributed by atoms with Gasteiger partial charge in [-0.2, -0.15) is 9.57 Å². The van der Waals surface area contributed by atoms with E-state index < -0.39 is 10.0 Å². The Hall–Kier alpha value is -2.21. The van der Waals surface area contributed by atoms with Crippen molar-refractivity contribution >= 4 is 27.3 Å². The van der Waals surface area contributed by atoms with Crippen LogP contribution in [-0.2, 0) is 21.4 Å². The van der Waals surface area contributed by atoms with E-state index >= 15 is 0 Å². The molecule has 1 heterocycles. The summed E-state index contributed by atoms with van der Waals surface area (Å²) < 4.78 is 26.4. The smallest absolute Gasteiger partial charge is 0.243 e. The first-order valence-electron chi connectivity index (χ1n) is 8.20. The Morgan fingerprint density at radius 1 is 1.27 bits per heavy atom. The molecule has 1 amide bonds. The van der Waals surface area contributed by atoms with Crippen LogP contribution in [0.4, 0.5) is 0 Å². The highest BCUT2D eigenvalue weighted by Gasteiger charge is 2.34. The Bertz CT molecular complexity index is 912. The van der Waals surface area contributed by atoms with Gasteiger partial charge >= 0.3 is 0 Å². The highest BCUT2D eigenvalue weighted by atomic mass is 32.2. The lowest BCUT2D eigenvalue weighted by Crippen LogP contribution is -2.41. The van der Waals surface area contributed by atoms with E-state index in [0.717, 1.165) is 22.0 Å². The van der Waals surface area contributed by atoms with Gasteiger partial charge in [0.25, 0.3) is 0 Å². The second-order valence-electron chi connectivity index (χ2n) is 6.23. The van der Waals surface area contributed by atoms with E-state index in [-0.39, 0.29) is 23.4 Å². The number of likely N-dealkylation sites (N-methyl/N-ethyl adjacent to an activating group) is 1. The van der Waals surface area contributed by atoms with Crippen LogP contribution >= 0.6 is 11.3 Å². The third-order valence-electron chi connectivity index (χ3n) is 4.26. The van der Waals surface area contributed by atoms with Crippen LogP contribution in [-0.4, -0.2) is 43.2 Å². The van der Waals surface area contributed by atoms with Crippen LogP contribution in [0.5, 0.6) is 0 Å². The summed E-state index contributed by atoms with van der Waals surface area (Å²) in [6.07, 6.45) is 1.92. The average Bonchev–Trinajstić information content (AvgIpc) is 3.35. The van der Waals surface area contributed by atoms with Crippen molar-refractivity contribution in [1.29, 1.82) is 5.26 Å². The molecule has 26 heavy (non-hydrogen) atoms. The van der Waals surface area contributed by atoms with Crippen molar-refractivity contribution in [2.24, 2.45) is 0 Å². The Morgan fingerprint density at radius 2 is 1.96 bits per heavy atom. The molecule has 0 N–H and O–H groups in total. The highest BCUT2D eigenvalue weighted by Crippen LogP contribution is 2.29. The Morgan fingerprint density at radius 3 is 2.50 bits per heavy atom. The van der Waals surface area contributed by atoms with Crippen molar-refractivity contribution in [1.82, 2.24) is 9.21 Å². The van der Waals surface area contributed by atoms with E-state index in [9.17, 15) is 13.2 Å². The predicted octanol–water partition coefficient (Wildman–Crippen LogP) is 2.43. The number of hydrogen-bond donors (Lipinski definition) is 0. The SMILES string of the molecule is CN(CC(=O)N(Cc1cccs1)C1CC1)S(=O)(=O)c1ccc(C#N)cc1. The summed E-state index contributed by atoms with van der Waals surface area (Å²) in [5, 5.41) is 10.8. The first kappa shape index (κ1) is 18.6. The van der Waals surface area contributed by atoms with Gasteiger partial charge in [0.2, 0.25) is 15.9 Å². The minimum atomic E-state index is -3.78. The van der Waals surface area contributed by atoms with Gasteiger partial charge in [0.05, 0.1) is 29.6 Å². The number of rotatable bonds is 7. The lowest BCUT2D eigenvalue weighted by atomic mass is 10.2. The fourth-order valence-corrected chi connectivity index (χ4v) is 4.45. The van der Waals surface area contributed by atoms with Gasteiger partial charge in [-0.05, 0) is 48.6 Å². The molecule has 1 fully saturated rings. The molecule has 2 aromatic rings. The molecule has 1 aliphatic rings. The lowest BCUT2D eigenvalue weighted by molar-refractivity contribution is -0.132. The second-order valence-corrected chi connectivity index (χ2v) is 9.31. The second kappa shape index (κ2) is 7.58. The molecule has 1 aliphatic carbocycles.